The molecule has 0 saturated carbocycles. The molecule has 2 fully saturated rings. The molecule has 164 valence electrons. The summed E-state index contributed by atoms with van der Waals surface area (Å²) in [5.74, 6) is 0.636. The van der Waals surface area contributed by atoms with E-state index in [9.17, 15) is 13.2 Å². The number of sulfone groups is 1. The molecule has 0 radical (unpaired) electrons. The van der Waals surface area contributed by atoms with Crippen LogP contribution in [0.1, 0.15) is 34.2 Å². The number of hydrogen-bond acceptors (Lipinski definition) is 7. The zero-order valence-corrected chi connectivity index (χ0v) is 18.6. The summed E-state index contributed by atoms with van der Waals surface area (Å²) in [6.45, 7) is 6.49. The minimum absolute atomic E-state index is 0.0834. The Kier molecular flexibility index (Phi) is 5.25. The molecule has 2 aromatic rings. The molecule has 2 saturated heterocycles. The van der Waals surface area contributed by atoms with Crippen molar-refractivity contribution in [2.75, 3.05) is 49.7 Å². The highest BCUT2D eigenvalue weighted by molar-refractivity contribution is 7.91. The van der Waals surface area contributed by atoms with Crippen LogP contribution in [0.5, 0.6) is 5.88 Å². The van der Waals surface area contributed by atoms with Gasteiger partial charge in [-0.2, -0.15) is 5.10 Å². The number of piperazine rings is 1. The number of ether oxygens (including phenoxy) is 1. The third-order valence-corrected chi connectivity index (χ3v) is 7.69. The summed E-state index contributed by atoms with van der Waals surface area (Å²) in [5, 5.41) is 8.83. The minimum atomic E-state index is -2.97. The average Bonchev–Trinajstić information content (AvgIpc) is 3.35. The van der Waals surface area contributed by atoms with Crippen molar-refractivity contribution in [3.05, 3.63) is 23.1 Å². The molecule has 10 nitrogen and oxygen atoms in total. The first-order valence-corrected chi connectivity index (χ1v) is 11.9. The second-order valence-electron chi connectivity index (χ2n) is 8.03. The van der Waals surface area contributed by atoms with Gasteiger partial charge in [0.15, 0.2) is 9.84 Å². The highest BCUT2D eigenvalue weighted by atomic mass is 32.2. The Morgan fingerprint density at radius 3 is 2.47 bits per heavy atom. The van der Waals surface area contributed by atoms with E-state index in [0.717, 1.165) is 17.1 Å². The molecule has 4 heterocycles. The maximum Gasteiger partial charge on any atom is 0.261 e. The Balaban J connectivity index is 1.47. The van der Waals surface area contributed by atoms with E-state index in [4.69, 9.17) is 4.74 Å². The second-order valence-corrected chi connectivity index (χ2v) is 10.3. The van der Waals surface area contributed by atoms with Crippen LogP contribution in [0.2, 0.25) is 0 Å². The van der Waals surface area contributed by atoms with Gasteiger partial charge in [-0.05, 0) is 20.3 Å². The Labute approximate surface area is 176 Å². The van der Waals surface area contributed by atoms with Crippen LogP contribution in [0.3, 0.4) is 0 Å². The van der Waals surface area contributed by atoms with Crippen LogP contribution in [0, 0.1) is 13.8 Å². The van der Waals surface area contributed by atoms with E-state index >= 15 is 0 Å². The average molecular weight is 437 g/mol. The second kappa shape index (κ2) is 7.60. The number of aryl methyl sites for hydroxylation is 2. The first kappa shape index (κ1) is 20.7. The maximum atomic E-state index is 12.9. The summed E-state index contributed by atoms with van der Waals surface area (Å²) in [6, 6.07) is -0.0941. The van der Waals surface area contributed by atoms with Crippen LogP contribution in [-0.4, -0.2) is 83.6 Å². The minimum Gasteiger partial charge on any atom is -0.479 e. The fourth-order valence-corrected chi connectivity index (χ4v) is 6.20. The van der Waals surface area contributed by atoms with Gasteiger partial charge < -0.3 is 14.5 Å². The largest absolute Gasteiger partial charge is 0.479 e. The van der Waals surface area contributed by atoms with Crippen molar-refractivity contribution in [1.29, 1.82) is 0 Å². The van der Waals surface area contributed by atoms with E-state index < -0.39 is 9.84 Å². The maximum absolute atomic E-state index is 12.9. The number of nitrogens with zero attached hydrogens (tertiary/aromatic N) is 6. The Bertz CT molecular complexity index is 1070. The van der Waals surface area contributed by atoms with Gasteiger partial charge >= 0.3 is 0 Å². The highest BCUT2D eigenvalue weighted by Crippen LogP contribution is 2.32. The fourth-order valence-electron chi connectivity index (χ4n) is 4.50. The monoisotopic (exact) mass is 436 g/mol. The molecule has 0 spiro atoms. The highest BCUT2D eigenvalue weighted by Gasteiger charge is 2.33. The SMILES string of the molecule is COc1nn(C)cc1C(=O)N1CCN(c2c(C)nn([C@@H]3CCS(=O)(=O)C3)c2C)CC1. The lowest BCUT2D eigenvalue weighted by Gasteiger charge is -2.36. The molecule has 0 aliphatic carbocycles. The zero-order chi connectivity index (χ0) is 21.6. The number of aromatic nitrogens is 4. The van der Waals surface area contributed by atoms with Crippen LogP contribution in [0.25, 0.3) is 0 Å². The molecular formula is C19H28N6O4S. The molecule has 2 aromatic heterocycles. The Hall–Kier alpha value is -2.56. The number of hydrogen-bond donors (Lipinski definition) is 0. The molecule has 2 aliphatic heterocycles. The number of carbonyl (C=O) groups is 1. The lowest BCUT2D eigenvalue weighted by molar-refractivity contribution is 0.0743. The van der Waals surface area contributed by atoms with Gasteiger partial charge in [0.25, 0.3) is 5.91 Å². The van der Waals surface area contributed by atoms with Crippen molar-refractivity contribution in [1.82, 2.24) is 24.5 Å². The quantitative estimate of drug-likeness (QED) is 0.690. The van der Waals surface area contributed by atoms with Gasteiger partial charge in [-0.1, -0.05) is 0 Å². The number of methoxy groups -OCH3 is 1. The number of carbonyl (C=O) groups excluding carboxylic acids is 1. The van der Waals surface area contributed by atoms with Crippen molar-refractivity contribution in [3.8, 4) is 5.88 Å². The van der Waals surface area contributed by atoms with E-state index in [-0.39, 0.29) is 23.5 Å². The molecular weight excluding hydrogens is 408 g/mol. The molecule has 2 aliphatic rings. The zero-order valence-electron chi connectivity index (χ0n) is 17.8. The fraction of sp³-hybridized carbons (Fsp3) is 0.632. The molecule has 0 unspecified atom stereocenters. The van der Waals surface area contributed by atoms with Gasteiger partial charge in [0, 0.05) is 39.4 Å². The molecule has 11 heteroatoms. The van der Waals surface area contributed by atoms with Gasteiger partial charge in [-0.15, -0.1) is 5.10 Å². The number of rotatable bonds is 4. The van der Waals surface area contributed by atoms with Crippen LogP contribution >= 0.6 is 0 Å². The topological polar surface area (TPSA) is 103 Å². The van der Waals surface area contributed by atoms with E-state index in [2.05, 4.69) is 15.1 Å². The van der Waals surface area contributed by atoms with E-state index in [0.29, 0.717) is 44.0 Å². The number of amides is 1. The molecule has 30 heavy (non-hydrogen) atoms. The van der Waals surface area contributed by atoms with Crippen LogP contribution < -0.4 is 9.64 Å². The van der Waals surface area contributed by atoms with Gasteiger partial charge in [0.1, 0.15) is 5.56 Å². The third-order valence-electron chi connectivity index (χ3n) is 5.94. The first-order chi connectivity index (χ1) is 14.2. The standard InChI is InChI=1S/C19H28N6O4S/c1-13-17(14(2)25(20-13)15-5-10-30(27,28)12-15)23-6-8-24(9-7-23)19(26)16-11-22(3)21-18(16)29-4/h11,15H,5-10,12H2,1-4H3/t15-/m1/s1. The summed E-state index contributed by atoms with van der Waals surface area (Å²) in [6.07, 6.45) is 2.29. The normalized spacial score (nSPS) is 21.3. The van der Waals surface area contributed by atoms with Gasteiger partial charge in [0.2, 0.25) is 5.88 Å². The van der Waals surface area contributed by atoms with Crippen molar-refractivity contribution in [2.45, 2.75) is 26.3 Å². The summed E-state index contributed by atoms with van der Waals surface area (Å²) in [4.78, 5) is 17.0. The van der Waals surface area contributed by atoms with Crippen molar-refractivity contribution >= 4 is 21.4 Å². The van der Waals surface area contributed by atoms with E-state index in [1.165, 1.54) is 7.11 Å². The molecule has 4 rings (SSSR count). The smallest absolute Gasteiger partial charge is 0.261 e. The van der Waals surface area contributed by atoms with Crippen LogP contribution in [0.4, 0.5) is 5.69 Å². The molecule has 1 amide bonds. The van der Waals surface area contributed by atoms with E-state index in [1.54, 1.807) is 17.9 Å². The molecule has 0 aromatic carbocycles. The van der Waals surface area contributed by atoms with Gasteiger partial charge in [-0.3, -0.25) is 14.2 Å². The summed E-state index contributed by atoms with van der Waals surface area (Å²) in [5.41, 5.74) is 3.40. The van der Waals surface area contributed by atoms with E-state index in [1.807, 2.05) is 23.4 Å². The Morgan fingerprint density at radius 2 is 1.87 bits per heavy atom. The Morgan fingerprint density at radius 1 is 1.17 bits per heavy atom. The summed E-state index contributed by atoms with van der Waals surface area (Å²) in [7, 11) is 0.298. The number of anilines is 1. The predicted molar refractivity (Wildman–Crippen MR) is 112 cm³/mol. The van der Waals surface area contributed by atoms with Crippen molar-refractivity contribution in [3.63, 3.8) is 0 Å². The molecule has 0 bridgehead atoms. The lowest BCUT2D eigenvalue weighted by Crippen LogP contribution is -2.49. The lowest BCUT2D eigenvalue weighted by atomic mass is 10.2. The third kappa shape index (κ3) is 3.66. The van der Waals surface area contributed by atoms with Gasteiger partial charge in [0.05, 0.1) is 41.7 Å². The first-order valence-electron chi connectivity index (χ1n) is 10.1. The predicted octanol–water partition coefficient (Wildman–Crippen LogP) is 0.564. The molecule has 1 atom stereocenters. The summed E-state index contributed by atoms with van der Waals surface area (Å²) >= 11 is 0. The van der Waals surface area contributed by atoms with Crippen molar-refractivity contribution in [2.24, 2.45) is 7.05 Å². The van der Waals surface area contributed by atoms with Crippen molar-refractivity contribution < 1.29 is 17.9 Å². The molecule has 0 N–H and O–H groups in total. The van der Waals surface area contributed by atoms with Crippen LogP contribution in [0.15, 0.2) is 6.20 Å². The van der Waals surface area contributed by atoms with Gasteiger partial charge in [-0.25, -0.2) is 8.42 Å². The summed E-state index contributed by atoms with van der Waals surface area (Å²) < 4.78 is 32.4. The van der Waals surface area contributed by atoms with Crippen LogP contribution in [-0.2, 0) is 16.9 Å².